The first-order valence-corrected chi connectivity index (χ1v) is 6.16. The molecule has 1 atom stereocenters. The Labute approximate surface area is 104 Å². The third-order valence-corrected chi connectivity index (χ3v) is 3.44. The van der Waals surface area contributed by atoms with Crippen LogP contribution in [0.5, 0.6) is 0 Å². The van der Waals surface area contributed by atoms with E-state index in [1.165, 1.54) is 22.3 Å². The maximum atomic E-state index is 3.95. The number of rotatable bonds is 3. The molecule has 0 heteroatoms. The Balaban J connectivity index is 2.32. The van der Waals surface area contributed by atoms with E-state index in [0.29, 0.717) is 5.92 Å². The minimum atomic E-state index is 0.453. The van der Waals surface area contributed by atoms with Gasteiger partial charge in [-0.25, -0.2) is 0 Å². The van der Waals surface area contributed by atoms with Crippen LogP contribution in [0.25, 0.3) is 0 Å². The van der Waals surface area contributed by atoms with Crippen LogP contribution in [0.4, 0.5) is 0 Å². The van der Waals surface area contributed by atoms with Crippen LogP contribution in [-0.4, -0.2) is 0 Å². The molecule has 0 aliphatic carbocycles. The lowest BCUT2D eigenvalue weighted by atomic mass is 9.90. The summed E-state index contributed by atoms with van der Waals surface area (Å²) >= 11 is 0. The van der Waals surface area contributed by atoms with Gasteiger partial charge < -0.3 is 0 Å². The normalized spacial score (nSPS) is 12.4. The minimum Gasteiger partial charge on any atom is -0.0622 e. The van der Waals surface area contributed by atoms with Crippen molar-refractivity contribution in [1.82, 2.24) is 0 Å². The molecule has 0 saturated carbocycles. The summed E-state index contributed by atoms with van der Waals surface area (Å²) in [5.74, 6) is 0.453. The highest BCUT2D eigenvalue weighted by atomic mass is 14.1. The zero-order valence-electron chi connectivity index (χ0n) is 10.6. The van der Waals surface area contributed by atoms with E-state index < -0.39 is 0 Å². The van der Waals surface area contributed by atoms with Gasteiger partial charge in [-0.2, -0.15) is 0 Å². The Bertz CT molecular complexity index is 483. The Morgan fingerprint density at radius 1 is 1.00 bits per heavy atom. The molecule has 0 N–H and O–H groups in total. The second kappa shape index (κ2) is 5.18. The summed E-state index contributed by atoms with van der Waals surface area (Å²) in [6.45, 7) is 8.38. The zero-order valence-corrected chi connectivity index (χ0v) is 10.6. The quantitative estimate of drug-likeness (QED) is 0.717. The van der Waals surface area contributed by atoms with Crippen LogP contribution in [0.2, 0.25) is 0 Å². The van der Waals surface area contributed by atoms with Crippen LogP contribution < -0.4 is 0 Å². The summed E-state index contributed by atoms with van der Waals surface area (Å²) < 4.78 is 0. The second-order valence-electron chi connectivity index (χ2n) is 4.57. The standard InChI is InChI=1S/C17H19/c1-4-15-10-11-17(12-13(15)2)14(3)16-8-6-5-7-9-16/h5-12,14H,1,4H2,2-3H3. The fourth-order valence-corrected chi connectivity index (χ4v) is 2.20. The zero-order chi connectivity index (χ0) is 12.3. The van der Waals surface area contributed by atoms with Crippen LogP contribution in [-0.2, 0) is 6.42 Å². The van der Waals surface area contributed by atoms with Gasteiger partial charge in [0.15, 0.2) is 0 Å². The fourth-order valence-electron chi connectivity index (χ4n) is 2.20. The average molecular weight is 223 g/mol. The topological polar surface area (TPSA) is 0 Å². The van der Waals surface area contributed by atoms with Crippen molar-refractivity contribution < 1.29 is 0 Å². The largest absolute Gasteiger partial charge is 0.0622 e. The Kier molecular flexibility index (Phi) is 3.63. The molecule has 0 aliphatic heterocycles. The number of benzene rings is 2. The summed E-state index contributed by atoms with van der Waals surface area (Å²) in [6.07, 6.45) is 0.867. The van der Waals surface area contributed by atoms with Gasteiger partial charge in [0, 0.05) is 5.92 Å². The van der Waals surface area contributed by atoms with Crippen molar-refractivity contribution in [3.63, 3.8) is 0 Å². The van der Waals surface area contributed by atoms with E-state index in [-0.39, 0.29) is 0 Å². The highest BCUT2D eigenvalue weighted by molar-refractivity contribution is 5.37. The summed E-state index contributed by atoms with van der Waals surface area (Å²) in [5, 5.41) is 0. The van der Waals surface area contributed by atoms with Crippen molar-refractivity contribution in [3.05, 3.63) is 77.7 Å². The molecular weight excluding hydrogens is 204 g/mol. The monoisotopic (exact) mass is 223 g/mol. The molecule has 1 unspecified atom stereocenters. The third-order valence-electron chi connectivity index (χ3n) is 3.44. The molecule has 0 bridgehead atoms. The lowest BCUT2D eigenvalue weighted by molar-refractivity contribution is 0.917. The molecule has 0 amide bonds. The molecule has 0 fully saturated rings. The van der Waals surface area contributed by atoms with Crippen LogP contribution in [0.15, 0.2) is 48.5 Å². The summed E-state index contributed by atoms with van der Waals surface area (Å²) in [4.78, 5) is 0. The lowest BCUT2D eigenvalue weighted by Crippen LogP contribution is -1.97. The van der Waals surface area contributed by atoms with Gasteiger partial charge in [-0.15, -0.1) is 0 Å². The molecule has 17 heavy (non-hydrogen) atoms. The molecular formula is C17H19. The Morgan fingerprint density at radius 3 is 2.29 bits per heavy atom. The van der Waals surface area contributed by atoms with Crippen molar-refractivity contribution in [2.45, 2.75) is 26.2 Å². The van der Waals surface area contributed by atoms with Crippen LogP contribution in [0.1, 0.15) is 35.1 Å². The fraction of sp³-hybridized carbons (Fsp3) is 0.235. The molecule has 2 aromatic carbocycles. The first-order chi connectivity index (χ1) is 8.22. The van der Waals surface area contributed by atoms with E-state index in [1.807, 2.05) is 0 Å². The van der Waals surface area contributed by atoms with Crippen molar-refractivity contribution in [1.29, 1.82) is 0 Å². The number of hydrogen-bond acceptors (Lipinski definition) is 0. The van der Waals surface area contributed by atoms with Crippen molar-refractivity contribution >= 4 is 0 Å². The van der Waals surface area contributed by atoms with E-state index >= 15 is 0 Å². The van der Waals surface area contributed by atoms with Crippen molar-refractivity contribution in [2.75, 3.05) is 0 Å². The third kappa shape index (κ3) is 2.58. The predicted molar refractivity (Wildman–Crippen MR) is 74.2 cm³/mol. The maximum absolute atomic E-state index is 3.95. The predicted octanol–water partition coefficient (Wildman–Crippen LogP) is 4.52. The summed E-state index contributed by atoms with van der Waals surface area (Å²) in [7, 11) is 0. The van der Waals surface area contributed by atoms with Gasteiger partial charge in [-0.3, -0.25) is 0 Å². The first kappa shape index (κ1) is 11.9. The molecule has 0 nitrogen and oxygen atoms in total. The maximum Gasteiger partial charge on any atom is 0.00611 e. The van der Waals surface area contributed by atoms with Gasteiger partial charge in [-0.05, 0) is 42.5 Å². The SMILES string of the molecule is [CH2]Cc1ccc(C(C)c2ccccc2)cc1C. The summed E-state index contributed by atoms with van der Waals surface area (Å²) in [5.41, 5.74) is 5.44. The Morgan fingerprint density at radius 2 is 1.71 bits per heavy atom. The van der Waals surface area contributed by atoms with Gasteiger partial charge in [0.05, 0.1) is 0 Å². The van der Waals surface area contributed by atoms with E-state index in [9.17, 15) is 0 Å². The van der Waals surface area contributed by atoms with Gasteiger partial charge in [0.25, 0.3) is 0 Å². The van der Waals surface area contributed by atoms with Crippen LogP contribution >= 0.6 is 0 Å². The molecule has 0 aromatic heterocycles. The molecule has 2 aromatic rings. The molecule has 0 aliphatic rings. The molecule has 0 saturated heterocycles. The van der Waals surface area contributed by atoms with Gasteiger partial charge >= 0.3 is 0 Å². The van der Waals surface area contributed by atoms with Gasteiger partial charge in [0.2, 0.25) is 0 Å². The van der Waals surface area contributed by atoms with Crippen molar-refractivity contribution in [3.8, 4) is 0 Å². The second-order valence-corrected chi connectivity index (χ2v) is 4.57. The molecule has 0 spiro atoms. The van der Waals surface area contributed by atoms with E-state index in [0.717, 1.165) is 6.42 Å². The van der Waals surface area contributed by atoms with Gasteiger partial charge in [-0.1, -0.05) is 55.5 Å². The van der Waals surface area contributed by atoms with E-state index in [1.54, 1.807) is 0 Å². The smallest absolute Gasteiger partial charge is 0.00611 e. The van der Waals surface area contributed by atoms with E-state index in [2.05, 4.69) is 69.3 Å². The highest BCUT2D eigenvalue weighted by Gasteiger charge is 2.08. The summed E-state index contributed by atoms with van der Waals surface area (Å²) in [6, 6.07) is 17.4. The number of aryl methyl sites for hydroxylation is 1. The molecule has 1 radical (unpaired) electrons. The van der Waals surface area contributed by atoms with Crippen molar-refractivity contribution in [2.24, 2.45) is 0 Å². The number of hydrogen-bond donors (Lipinski definition) is 0. The average Bonchev–Trinajstić information content (AvgIpc) is 2.39. The highest BCUT2D eigenvalue weighted by Crippen LogP contribution is 2.25. The minimum absolute atomic E-state index is 0.453. The first-order valence-electron chi connectivity index (χ1n) is 6.16. The molecule has 2 rings (SSSR count). The van der Waals surface area contributed by atoms with Crippen LogP contribution in [0, 0.1) is 13.8 Å². The van der Waals surface area contributed by atoms with Gasteiger partial charge in [0.1, 0.15) is 0 Å². The Hall–Kier alpha value is -1.56. The van der Waals surface area contributed by atoms with Crippen LogP contribution in [0.3, 0.4) is 0 Å². The molecule has 0 heterocycles. The molecule has 87 valence electrons. The van der Waals surface area contributed by atoms with E-state index in [4.69, 9.17) is 0 Å². The lowest BCUT2D eigenvalue weighted by Gasteiger charge is -2.14.